The predicted octanol–water partition coefficient (Wildman–Crippen LogP) is -2.95. The first kappa shape index (κ1) is 16.1. The predicted molar refractivity (Wildman–Crippen MR) is 18.1 cm³/mol. The van der Waals surface area contributed by atoms with Gasteiger partial charge in [0.05, 0.1) is 0 Å². The van der Waals surface area contributed by atoms with E-state index < -0.39 is 0 Å². The first-order valence-corrected chi connectivity index (χ1v) is 0.697. The third-order valence-electron chi connectivity index (χ3n) is 0. The number of ether oxygens (including phenoxy) is 1. The van der Waals surface area contributed by atoms with Gasteiger partial charge in [-0.2, -0.15) is 0 Å². The molecule has 0 fully saturated rings. The van der Waals surface area contributed by atoms with Crippen molar-refractivity contribution in [3.63, 3.8) is 0 Å². The van der Waals surface area contributed by atoms with Crippen LogP contribution in [0, 0.1) is 7.11 Å². The van der Waals surface area contributed by atoms with Crippen LogP contribution in [0.15, 0.2) is 0 Å². The summed E-state index contributed by atoms with van der Waals surface area (Å²) in [4.78, 5) is 0. The minimum absolute atomic E-state index is 0. The number of methoxy groups -OCH3 is 1. The molecule has 1 nitrogen and oxygen atoms in total. The molecule has 0 aromatic rings. The summed E-state index contributed by atoms with van der Waals surface area (Å²) in [5, 5.41) is 0. The molecule has 0 heterocycles. The molecule has 0 N–H and O–H groups in total. The topological polar surface area (TPSA) is 9.23 Å². The molecule has 0 saturated heterocycles. The third kappa shape index (κ3) is 30.7. The molecule has 0 unspecified atom stereocenters. The van der Waals surface area contributed by atoms with Gasteiger partial charge in [-0.15, -0.1) is 0 Å². The summed E-state index contributed by atoms with van der Waals surface area (Å²) in [5.74, 6) is 0. The first-order chi connectivity index (χ1) is 1.41. The smallest absolute Gasteiger partial charge is 1.00 e. The second kappa shape index (κ2) is 18.0. The summed E-state index contributed by atoms with van der Waals surface area (Å²) in [6, 6.07) is 0. The second-order valence-electron chi connectivity index (χ2n) is 0.289. The van der Waals surface area contributed by atoms with Crippen LogP contribution in [0.5, 0.6) is 0 Å². The standard InChI is InChI=1S/C2H5O.HI.Mg/c1-3-2;;/h1H2,2H3;1H;/q-1;;+2/p-1. The van der Waals surface area contributed by atoms with Crippen molar-refractivity contribution < 1.29 is 28.7 Å². The zero-order valence-electron chi connectivity index (χ0n) is 3.20. The van der Waals surface area contributed by atoms with E-state index in [1.165, 1.54) is 7.11 Å². The van der Waals surface area contributed by atoms with Gasteiger partial charge < -0.3 is 28.7 Å². The van der Waals surface area contributed by atoms with Gasteiger partial charge in [-0.05, 0) is 7.11 Å². The summed E-state index contributed by atoms with van der Waals surface area (Å²) in [6.45, 7) is 0. The van der Waals surface area contributed by atoms with Gasteiger partial charge in [0.1, 0.15) is 0 Å². The molecule has 0 spiro atoms. The number of hydrogen-bond acceptors (Lipinski definition) is 1. The SMILES string of the molecule is [CH2-]OC.[I-].[Mg+2]. The molecule has 0 aromatic carbocycles. The van der Waals surface area contributed by atoms with Crippen LogP contribution in [0.4, 0.5) is 0 Å². The van der Waals surface area contributed by atoms with E-state index in [0.717, 1.165) is 0 Å². The second-order valence-corrected chi connectivity index (χ2v) is 0.289. The number of hydrogen-bond donors (Lipinski definition) is 0. The Hall–Kier alpha value is 1.46. The van der Waals surface area contributed by atoms with E-state index in [4.69, 9.17) is 0 Å². The van der Waals surface area contributed by atoms with E-state index in [2.05, 4.69) is 11.8 Å². The van der Waals surface area contributed by atoms with E-state index in [0.29, 0.717) is 0 Å². The van der Waals surface area contributed by atoms with Crippen LogP contribution in [-0.4, -0.2) is 30.2 Å². The molecule has 0 aliphatic carbocycles. The van der Waals surface area contributed by atoms with Crippen molar-refractivity contribution in [3.8, 4) is 0 Å². The van der Waals surface area contributed by atoms with E-state index >= 15 is 0 Å². The summed E-state index contributed by atoms with van der Waals surface area (Å²) < 4.78 is 4.00. The van der Waals surface area contributed by atoms with Crippen molar-refractivity contribution in [1.82, 2.24) is 0 Å². The van der Waals surface area contributed by atoms with Crippen LogP contribution in [0.1, 0.15) is 0 Å². The maximum absolute atomic E-state index is 4.00. The van der Waals surface area contributed by atoms with Crippen LogP contribution in [-0.2, 0) is 4.74 Å². The van der Waals surface area contributed by atoms with E-state index in [9.17, 15) is 0 Å². The van der Waals surface area contributed by atoms with Gasteiger partial charge in [0.2, 0.25) is 0 Å². The molecule has 0 aromatic heterocycles. The minimum atomic E-state index is 0. The monoisotopic (exact) mass is 196 g/mol. The van der Waals surface area contributed by atoms with Gasteiger partial charge >= 0.3 is 23.1 Å². The van der Waals surface area contributed by atoms with Crippen LogP contribution in [0.3, 0.4) is 0 Å². The Morgan fingerprint density at radius 2 is 1.60 bits per heavy atom. The molecule has 5 heavy (non-hydrogen) atoms. The van der Waals surface area contributed by atoms with Crippen LogP contribution in [0.25, 0.3) is 0 Å². The molecule has 0 aliphatic heterocycles. The van der Waals surface area contributed by atoms with Crippen molar-refractivity contribution in [3.05, 3.63) is 7.11 Å². The molecule has 0 rings (SSSR count). The maximum atomic E-state index is 4.00. The molecular formula is C2H5IMgO. The van der Waals surface area contributed by atoms with Crippen molar-refractivity contribution in [2.45, 2.75) is 0 Å². The van der Waals surface area contributed by atoms with Gasteiger partial charge in [-0.25, -0.2) is 7.11 Å². The Morgan fingerprint density at radius 1 is 1.60 bits per heavy atom. The Balaban J connectivity index is -0.0000000200. The van der Waals surface area contributed by atoms with Gasteiger partial charge in [-0.1, -0.05) is 0 Å². The van der Waals surface area contributed by atoms with Crippen molar-refractivity contribution in [1.29, 1.82) is 0 Å². The fourth-order valence-electron chi connectivity index (χ4n) is 0. The Labute approximate surface area is 65.6 Å². The van der Waals surface area contributed by atoms with E-state index in [1.807, 2.05) is 0 Å². The molecule has 0 radical (unpaired) electrons. The maximum Gasteiger partial charge on any atom is 2.00 e. The van der Waals surface area contributed by atoms with Gasteiger partial charge in [0.25, 0.3) is 0 Å². The Kier molecular flexibility index (Phi) is 57.8. The average Bonchev–Trinajstić information content (AvgIpc) is 0.918. The van der Waals surface area contributed by atoms with Crippen LogP contribution in [0.2, 0.25) is 0 Å². The number of halogens is 1. The third-order valence-corrected chi connectivity index (χ3v) is 0. The zero-order chi connectivity index (χ0) is 2.71. The Bertz CT molecular complexity index is 9.61. The molecule has 28 valence electrons. The normalized spacial score (nSPS) is 3.60. The molecule has 0 aliphatic rings. The Morgan fingerprint density at radius 3 is 1.60 bits per heavy atom. The largest absolute Gasteiger partial charge is 2.00 e. The molecule has 0 atom stereocenters. The fourth-order valence-corrected chi connectivity index (χ4v) is 0. The molecular weight excluding hydrogens is 191 g/mol. The minimum Gasteiger partial charge on any atom is -1.00 e. The summed E-state index contributed by atoms with van der Waals surface area (Å²) >= 11 is 0. The van der Waals surface area contributed by atoms with Gasteiger partial charge in [0, 0.05) is 0 Å². The van der Waals surface area contributed by atoms with E-state index in [1.54, 1.807) is 0 Å². The van der Waals surface area contributed by atoms with Crippen molar-refractivity contribution in [2.24, 2.45) is 0 Å². The number of rotatable bonds is 0. The molecule has 0 amide bonds. The molecule has 3 heteroatoms. The van der Waals surface area contributed by atoms with Crippen LogP contribution < -0.4 is 24.0 Å². The van der Waals surface area contributed by atoms with Crippen molar-refractivity contribution >= 4 is 23.1 Å². The fraction of sp³-hybridized carbons (Fsp3) is 0.500. The summed E-state index contributed by atoms with van der Waals surface area (Å²) in [5.41, 5.74) is 0. The molecule has 0 saturated carbocycles. The van der Waals surface area contributed by atoms with Gasteiger partial charge in [0.15, 0.2) is 0 Å². The average molecular weight is 196 g/mol. The quantitative estimate of drug-likeness (QED) is 0.229. The zero-order valence-corrected chi connectivity index (χ0v) is 6.77. The van der Waals surface area contributed by atoms with Crippen molar-refractivity contribution in [2.75, 3.05) is 7.11 Å². The summed E-state index contributed by atoms with van der Waals surface area (Å²) in [6.07, 6.45) is 0. The van der Waals surface area contributed by atoms with E-state index in [-0.39, 0.29) is 47.0 Å². The molecule has 0 bridgehead atoms. The first-order valence-electron chi connectivity index (χ1n) is 0.697. The van der Waals surface area contributed by atoms with Gasteiger partial charge in [-0.3, -0.25) is 0 Å². The van der Waals surface area contributed by atoms with Crippen LogP contribution >= 0.6 is 0 Å². The summed E-state index contributed by atoms with van der Waals surface area (Å²) in [7, 11) is 4.50.